The van der Waals surface area contributed by atoms with E-state index in [2.05, 4.69) is 5.32 Å². The second kappa shape index (κ2) is 9.34. The molecule has 2 heterocycles. The van der Waals surface area contributed by atoms with Gasteiger partial charge in [0.25, 0.3) is 0 Å². The Morgan fingerprint density at radius 3 is 2.62 bits per heavy atom. The van der Waals surface area contributed by atoms with Crippen LogP contribution >= 0.6 is 0 Å². The van der Waals surface area contributed by atoms with Gasteiger partial charge in [0.15, 0.2) is 0 Å². The molecule has 0 aliphatic carbocycles. The van der Waals surface area contributed by atoms with Crippen LogP contribution < -0.4 is 10.1 Å². The maximum Gasteiger partial charge on any atom is 0.243 e. The quantitative estimate of drug-likeness (QED) is 0.562. The molecular weight excluding hydrogens is 426 g/mol. The Hall–Kier alpha value is -2.84. The smallest absolute Gasteiger partial charge is 0.243 e. The molecule has 1 aliphatic rings. The molecule has 0 spiro atoms. The highest BCUT2D eigenvalue weighted by Crippen LogP contribution is 2.27. The van der Waals surface area contributed by atoms with Crippen molar-refractivity contribution >= 4 is 26.8 Å². The minimum absolute atomic E-state index is 0.123. The van der Waals surface area contributed by atoms with E-state index in [-0.39, 0.29) is 5.91 Å². The van der Waals surface area contributed by atoms with Crippen molar-refractivity contribution in [3.05, 3.63) is 60.3 Å². The molecular formula is C24H29N3O4S. The van der Waals surface area contributed by atoms with Gasteiger partial charge in [0.2, 0.25) is 15.9 Å². The van der Waals surface area contributed by atoms with Crippen LogP contribution in [-0.2, 0) is 21.4 Å². The zero-order chi connectivity index (χ0) is 22.7. The van der Waals surface area contributed by atoms with Crippen molar-refractivity contribution in [1.82, 2.24) is 14.2 Å². The summed E-state index contributed by atoms with van der Waals surface area (Å²) < 4.78 is 34.8. The summed E-state index contributed by atoms with van der Waals surface area (Å²) in [5.41, 5.74) is 1.74. The summed E-state index contributed by atoms with van der Waals surface area (Å²) in [6.07, 6.45) is 3.63. The van der Waals surface area contributed by atoms with E-state index in [1.54, 1.807) is 22.5 Å². The molecule has 170 valence electrons. The number of amides is 1. The zero-order valence-corrected chi connectivity index (χ0v) is 19.3. The molecule has 3 aromatic rings. The van der Waals surface area contributed by atoms with Gasteiger partial charge in [-0.25, -0.2) is 8.42 Å². The van der Waals surface area contributed by atoms with Crippen molar-refractivity contribution in [2.45, 2.75) is 44.2 Å². The Morgan fingerprint density at radius 1 is 1.12 bits per heavy atom. The number of nitrogens with one attached hydrogen (secondary N) is 1. The Labute approximate surface area is 189 Å². The van der Waals surface area contributed by atoms with Crippen LogP contribution in [0.2, 0.25) is 0 Å². The summed E-state index contributed by atoms with van der Waals surface area (Å²) in [7, 11) is -3.47. The van der Waals surface area contributed by atoms with Crippen molar-refractivity contribution in [2.75, 3.05) is 19.7 Å². The fourth-order valence-corrected chi connectivity index (χ4v) is 5.67. The molecule has 1 fully saturated rings. The highest BCUT2D eigenvalue weighted by molar-refractivity contribution is 7.89. The third-order valence-corrected chi connectivity index (χ3v) is 7.81. The number of rotatable bonds is 8. The van der Waals surface area contributed by atoms with E-state index >= 15 is 0 Å². The zero-order valence-electron chi connectivity index (χ0n) is 18.5. The number of hydrogen-bond donors (Lipinski definition) is 1. The van der Waals surface area contributed by atoms with Crippen LogP contribution in [0.1, 0.15) is 38.3 Å². The highest BCUT2D eigenvalue weighted by atomic mass is 32.2. The van der Waals surface area contributed by atoms with E-state index in [4.69, 9.17) is 4.74 Å². The summed E-state index contributed by atoms with van der Waals surface area (Å²) in [5.74, 6) is 0.642. The minimum Gasteiger partial charge on any atom is -0.494 e. The van der Waals surface area contributed by atoms with Gasteiger partial charge in [-0.3, -0.25) is 4.79 Å². The number of ether oxygens (including phenoxy) is 1. The number of nitrogens with zero attached hydrogens (tertiary/aromatic N) is 2. The first kappa shape index (κ1) is 22.4. The lowest BCUT2D eigenvalue weighted by molar-refractivity contribution is -0.123. The van der Waals surface area contributed by atoms with Crippen LogP contribution in [0, 0.1) is 0 Å². The molecule has 1 aliphatic heterocycles. The molecule has 32 heavy (non-hydrogen) atoms. The molecule has 7 nitrogen and oxygen atoms in total. The predicted octanol–water partition coefficient (Wildman–Crippen LogP) is 3.70. The average Bonchev–Trinajstić information content (AvgIpc) is 3.48. The molecule has 2 aromatic carbocycles. The van der Waals surface area contributed by atoms with E-state index in [1.807, 2.05) is 54.9 Å². The molecule has 0 saturated carbocycles. The topological polar surface area (TPSA) is 80.6 Å². The van der Waals surface area contributed by atoms with Gasteiger partial charge in [0, 0.05) is 42.3 Å². The standard InChI is InChI=1S/C24H29N3O4S/c1-3-31-23-9-5-4-8-20(23)17-25-24(28)18(2)27-15-12-19-16-21(10-11-22(19)27)32(29,30)26-13-6-7-14-26/h4-5,8-12,15-16,18H,3,6-7,13-14,17H2,1-2H3,(H,25,28). The number of carbonyl (C=O) groups excluding carboxylic acids is 1. The number of sulfonamides is 1. The average molecular weight is 456 g/mol. The van der Waals surface area contributed by atoms with Gasteiger partial charge in [-0.05, 0) is 57.0 Å². The van der Waals surface area contributed by atoms with Gasteiger partial charge in [-0.2, -0.15) is 4.31 Å². The SMILES string of the molecule is CCOc1ccccc1CNC(=O)C(C)n1ccc2cc(S(=O)(=O)N3CCCC3)ccc21. The molecule has 4 rings (SSSR count). The lowest BCUT2D eigenvalue weighted by Crippen LogP contribution is -2.30. The maximum atomic E-state index is 12.9. The van der Waals surface area contributed by atoms with Crippen LogP contribution in [0.3, 0.4) is 0 Å². The molecule has 0 bridgehead atoms. The summed E-state index contributed by atoms with van der Waals surface area (Å²) in [5, 5.41) is 3.78. The number of benzene rings is 2. The van der Waals surface area contributed by atoms with Crippen molar-refractivity contribution in [1.29, 1.82) is 0 Å². The monoisotopic (exact) mass is 455 g/mol. The largest absolute Gasteiger partial charge is 0.494 e. The first-order valence-corrected chi connectivity index (χ1v) is 12.4. The van der Waals surface area contributed by atoms with E-state index in [1.165, 1.54) is 0 Å². The van der Waals surface area contributed by atoms with Gasteiger partial charge in [0.1, 0.15) is 11.8 Å². The Bertz CT molecular complexity index is 1210. The normalized spacial score (nSPS) is 15.7. The summed E-state index contributed by atoms with van der Waals surface area (Å²) >= 11 is 0. The molecule has 1 atom stereocenters. The van der Waals surface area contributed by atoms with Gasteiger partial charge in [0.05, 0.1) is 11.5 Å². The fourth-order valence-electron chi connectivity index (χ4n) is 4.12. The van der Waals surface area contributed by atoms with Crippen LogP contribution in [0.25, 0.3) is 10.9 Å². The highest BCUT2D eigenvalue weighted by Gasteiger charge is 2.27. The van der Waals surface area contributed by atoms with E-state index in [0.29, 0.717) is 31.1 Å². The number of para-hydroxylation sites is 1. The van der Waals surface area contributed by atoms with Gasteiger partial charge < -0.3 is 14.6 Å². The van der Waals surface area contributed by atoms with Crippen LogP contribution in [0.4, 0.5) is 0 Å². The van der Waals surface area contributed by atoms with Crippen LogP contribution in [0.5, 0.6) is 5.75 Å². The maximum absolute atomic E-state index is 12.9. The number of fused-ring (bicyclic) bond motifs is 1. The molecule has 1 unspecified atom stereocenters. The predicted molar refractivity (Wildman–Crippen MR) is 124 cm³/mol. The Morgan fingerprint density at radius 2 is 1.88 bits per heavy atom. The Balaban J connectivity index is 1.50. The van der Waals surface area contributed by atoms with Crippen LogP contribution in [0.15, 0.2) is 59.6 Å². The first-order chi connectivity index (χ1) is 15.4. The first-order valence-electron chi connectivity index (χ1n) is 11.0. The molecule has 8 heteroatoms. The summed E-state index contributed by atoms with van der Waals surface area (Å²) in [6, 6.07) is 14.2. The van der Waals surface area contributed by atoms with E-state index in [9.17, 15) is 13.2 Å². The molecule has 0 radical (unpaired) electrons. The van der Waals surface area contributed by atoms with E-state index < -0.39 is 16.1 Å². The van der Waals surface area contributed by atoms with Gasteiger partial charge in [-0.15, -0.1) is 0 Å². The van der Waals surface area contributed by atoms with Crippen molar-refractivity contribution in [3.8, 4) is 5.75 Å². The summed E-state index contributed by atoms with van der Waals surface area (Å²) in [4.78, 5) is 13.2. The van der Waals surface area contributed by atoms with E-state index in [0.717, 1.165) is 35.1 Å². The van der Waals surface area contributed by atoms with Crippen molar-refractivity contribution in [3.63, 3.8) is 0 Å². The minimum atomic E-state index is -3.47. The van der Waals surface area contributed by atoms with Crippen LogP contribution in [-0.4, -0.2) is 42.9 Å². The number of hydrogen-bond acceptors (Lipinski definition) is 4. The third kappa shape index (κ3) is 4.38. The molecule has 1 amide bonds. The van der Waals surface area contributed by atoms with Gasteiger partial charge in [-0.1, -0.05) is 18.2 Å². The van der Waals surface area contributed by atoms with Crippen molar-refractivity contribution in [2.24, 2.45) is 0 Å². The number of carbonyl (C=O) groups is 1. The second-order valence-electron chi connectivity index (χ2n) is 7.99. The Kier molecular flexibility index (Phi) is 6.53. The molecule has 1 aromatic heterocycles. The lowest BCUT2D eigenvalue weighted by atomic mass is 10.2. The molecule has 1 saturated heterocycles. The van der Waals surface area contributed by atoms with Crippen molar-refractivity contribution < 1.29 is 17.9 Å². The van der Waals surface area contributed by atoms with Gasteiger partial charge >= 0.3 is 0 Å². The lowest BCUT2D eigenvalue weighted by Gasteiger charge is -2.17. The fraction of sp³-hybridized carbons (Fsp3) is 0.375. The third-order valence-electron chi connectivity index (χ3n) is 5.92. The summed E-state index contributed by atoms with van der Waals surface area (Å²) in [6.45, 7) is 5.84. The second-order valence-corrected chi connectivity index (χ2v) is 9.93. The number of aromatic nitrogens is 1. The molecule has 1 N–H and O–H groups in total.